The van der Waals surface area contributed by atoms with Gasteiger partial charge in [-0.25, -0.2) is 4.98 Å². The molecule has 0 bridgehead atoms. The van der Waals surface area contributed by atoms with Crippen molar-refractivity contribution in [1.29, 1.82) is 0 Å². The molecule has 0 fully saturated rings. The van der Waals surface area contributed by atoms with Crippen LogP contribution in [-0.4, -0.2) is 28.9 Å². The third kappa shape index (κ3) is 2.78. The number of benzene rings is 2. The molecule has 0 aliphatic carbocycles. The van der Waals surface area contributed by atoms with Crippen LogP contribution >= 0.6 is 11.3 Å². The van der Waals surface area contributed by atoms with Gasteiger partial charge in [-0.1, -0.05) is 41.7 Å². The van der Waals surface area contributed by atoms with Crippen molar-refractivity contribution >= 4 is 22.6 Å². The summed E-state index contributed by atoms with van der Waals surface area (Å²) < 4.78 is 13.3. The van der Waals surface area contributed by atoms with Crippen LogP contribution < -0.4 is 9.47 Å². The van der Waals surface area contributed by atoms with E-state index in [0.29, 0.717) is 30.4 Å². The number of carbonyl (C=O) groups excluding carboxylic acids is 1. The van der Waals surface area contributed by atoms with Gasteiger partial charge < -0.3 is 9.47 Å². The van der Waals surface area contributed by atoms with Gasteiger partial charge in [0.2, 0.25) is 0 Å². The molecule has 2 aromatic carbocycles. The quantitative estimate of drug-likeness (QED) is 0.486. The van der Waals surface area contributed by atoms with Gasteiger partial charge in [-0.05, 0) is 23.8 Å². The number of rotatable bonds is 3. The van der Waals surface area contributed by atoms with Crippen molar-refractivity contribution in [3.05, 3.63) is 60.4 Å². The summed E-state index contributed by atoms with van der Waals surface area (Å²) in [6, 6.07) is 15.8. The highest BCUT2D eigenvalue weighted by atomic mass is 32.1. The van der Waals surface area contributed by atoms with Crippen molar-refractivity contribution in [2.45, 2.75) is 6.42 Å². The van der Waals surface area contributed by atoms with E-state index >= 15 is 0 Å². The molecule has 0 saturated carbocycles. The highest BCUT2D eigenvalue weighted by Gasteiger charge is 2.19. The molecule has 0 radical (unpaired) electrons. The van der Waals surface area contributed by atoms with Gasteiger partial charge in [0.25, 0.3) is 0 Å². The first kappa shape index (κ1) is 16.1. The second kappa shape index (κ2) is 6.55. The van der Waals surface area contributed by atoms with Crippen LogP contribution in [0.5, 0.6) is 11.5 Å². The minimum Gasteiger partial charge on any atom is -0.490 e. The lowest BCUT2D eigenvalue weighted by Crippen LogP contribution is -1.97. The van der Waals surface area contributed by atoms with Crippen molar-refractivity contribution < 1.29 is 14.3 Å². The van der Waals surface area contributed by atoms with Crippen LogP contribution in [0.1, 0.15) is 16.9 Å². The van der Waals surface area contributed by atoms with Gasteiger partial charge in [-0.15, -0.1) is 0 Å². The monoisotopic (exact) mass is 376 g/mol. The molecule has 1 aliphatic heterocycles. The molecule has 27 heavy (non-hydrogen) atoms. The third-order valence-corrected chi connectivity index (χ3v) is 5.59. The Kier molecular flexibility index (Phi) is 3.90. The lowest BCUT2D eigenvalue weighted by Gasteiger charge is -2.08. The first-order chi connectivity index (χ1) is 13.3. The molecule has 134 valence electrons. The molecule has 2 aromatic heterocycles. The van der Waals surface area contributed by atoms with E-state index in [9.17, 15) is 4.79 Å². The Labute approximate surface area is 159 Å². The Bertz CT molecular complexity index is 1130. The molecule has 0 N–H and O–H groups in total. The average molecular weight is 376 g/mol. The van der Waals surface area contributed by atoms with E-state index < -0.39 is 0 Å². The van der Waals surface area contributed by atoms with Crippen molar-refractivity contribution in [2.24, 2.45) is 0 Å². The van der Waals surface area contributed by atoms with Crippen LogP contribution in [0.2, 0.25) is 0 Å². The molecule has 5 rings (SSSR count). The fourth-order valence-corrected chi connectivity index (χ4v) is 4.23. The summed E-state index contributed by atoms with van der Waals surface area (Å²) in [5.41, 5.74) is 3.16. The molecule has 0 atom stereocenters. The summed E-state index contributed by atoms with van der Waals surface area (Å²) in [7, 11) is 0. The Morgan fingerprint density at radius 2 is 1.81 bits per heavy atom. The van der Waals surface area contributed by atoms with E-state index in [1.165, 1.54) is 0 Å². The van der Waals surface area contributed by atoms with Crippen LogP contribution in [0, 0.1) is 0 Å². The first-order valence-electron chi connectivity index (χ1n) is 8.76. The predicted octanol–water partition coefficient (Wildman–Crippen LogP) is 4.70. The summed E-state index contributed by atoms with van der Waals surface area (Å²) in [6.07, 6.45) is 3.69. The molecular weight excluding hydrogens is 360 g/mol. The first-order valence-corrected chi connectivity index (χ1v) is 9.57. The van der Waals surface area contributed by atoms with E-state index in [2.05, 4.69) is 12.1 Å². The molecule has 0 amide bonds. The van der Waals surface area contributed by atoms with E-state index in [0.717, 1.165) is 39.4 Å². The van der Waals surface area contributed by atoms with E-state index in [4.69, 9.17) is 14.5 Å². The Hall–Kier alpha value is -3.12. The largest absolute Gasteiger partial charge is 0.490 e. The second-order valence-electron chi connectivity index (χ2n) is 6.29. The van der Waals surface area contributed by atoms with Gasteiger partial charge in [0.15, 0.2) is 22.7 Å². The number of fused-ring (bicyclic) bond motifs is 2. The van der Waals surface area contributed by atoms with Crippen LogP contribution in [-0.2, 0) is 0 Å². The van der Waals surface area contributed by atoms with E-state index in [1.807, 2.05) is 47.0 Å². The summed E-state index contributed by atoms with van der Waals surface area (Å²) >= 11 is 1.56. The molecular formula is C21H16N2O3S. The highest BCUT2D eigenvalue weighted by molar-refractivity contribution is 7.20. The number of thiazole rings is 1. The Balaban J connectivity index is 1.61. The van der Waals surface area contributed by atoms with Gasteiger partial charge in [-0.3, -0.25) is 9.20 Å². The average Bonchev–Trinajstić information content (AvgIpc) is 3.17. The number of hydrogen-bond acceptors (Lipinski definition) is 5. The second-order valence-corrected chi connectivity index (χ2v) is 7.30. The van der Waals surface area contributed by atoms with Gasteiger partial charge in [-0.2, -0.15) is 0 Å². The highest BCUT2D eigenvalue weighted by Crippen LogP contribution is 2.37. The van der Waals surface area contributed by atoms with E-state index in [1.54, 1.807) is 11.3 Å². The summed E-state index contributed by atoms with van der Waals surface area (Å²) in [6.45, 7) is 1.27. The molecule has 0 spiro atoms. The van der Waals surface area contributed by atoms with Crippen molar-refractivity contribution in [1.82, 2.24) is 9.38 Å². The minimum absolute atomic E-state index is 0.540. The molecule has 0 saturated heterocycles. The fraction of sp³-hybridized carbons (Fsp3) is 0.143. The molecule has 4 aromatic rings. The van der Waals surface area contributed by atoms with Gasteiger partial charge >= 0.3 is 0 Å². The maximum absolute atomic E-state index is 11.9. The van der Waals surface area contributed by atoms with Crippen molar-refractivity contribution in [3.8, 4) is 33.2 Å². The SMILES string of the molecule is O=Cc1c(-c2ccc3c(c2)OCCCO3)nc2sc(-c3ccccc3)cn12. The van der Waals surface area contributed by atoms with Gasteiger partial charge in [0.1, 0.15) is 11.4 Å². The zero-order valence-electron chi connectivity index (χ0n) is 14.4. The number of carbonyl (C=O) groups is 1. The third-order valence-electron chi connectivity index (χ3n) is 4.55. The number of nitrogens with zero attached hydrogens (tertiary/aromatic N) is 2. The normalized spacial score (nSPS) is 13.5. The fourth-order valence-electron chi connectivity index (χ4n) is 3.23. The predicted molar refractivity (Wildman–Crippen MR) is 105 cm³/mol. The van der Waals surface area contributed by atoms with Crippen LogP contribution in [0.3, 0.4) is 0 Å². The van der Waals surface area contributed by atoms with Gasteiger partial charge in [0, 0.05) is 18.2 Å². The van der Waals surface area contributed by atoms with Crippen molar-refractivity contribution in [3.63, 3.8) is 0 Å². The maximum atomic E-state index is 11.9. The number of ether oxygens (including phenoxy) is 2. The number of hydrogen-bond donors (Lipinski definition) is 0. The van der Waals surface area contributed by atoms with Crippen LogP contribution in [0.25, 0.3) is 26.7 Å². The zero-order valence-corrected chi connectivity index (χ0v) is 15.2. The molecule has 3 heterocycles. The number of aldehydes is 1. The van der Waals surface area contributed by atoms with Crippen LogP contribution in [0.15, 0.2) is 54.7 Å². The topological polar surface area (TPSA) is 52.8 Å². The molecule has 0 unspecified atom stereocenters. The Morgan fingerprint density at radius 1 is 1.00 bits per heavy atom. The molecule has 5 nitrogen and oxygen atoms in total. The van der Waals surface area contributed by atoms with Crippen LogP contribution in [0.4, 0.5) is 0 Å². The lowest BCUT2D eigenvalue weighted by molar-refractivity contribution is 0.111. The summed E-state index contributed by atoms with van der Waals surface area (Å²) in [4.78, 5) is 18.4. The standard InChI is InChI=1S/C21H16N2O3S/c24-13-16-20(15-7-8-17-18(11-15)26-10-4-9-25-17)22-21-23(16)12-19(27-21)14-5-2-1-3-6-14/h1-3,5-8,11-13H,4,9-10H2. The zero-order chi connectivity index (χ0) is 18.2. The van der Waals surface area contributed by atoms with E-state index in [-0.39, 0.29) is 0 Å². The molecule has 1 aliphatic rings. The molecule has 6 heteroatoms. The summed E-state index contributed by atoms with van der Waals surface area (Å²) in [5, 5.41) is 0. The number of aromatic nitrogens is 2. The number of imidazole rings is 1. The van der Waals surface area contributed by atoms with Gasteiger partial charge in [0.05, 0.1) is 18.1 Å². The summed E-state index contributed by atoms with van der Waals surface area (Å²) in [5.74, 6) is 1.43. The maximum Gasteiger partial charge on any atom is 0.195 e. The lowest BCUT2D eigenvalue weighted by atomic mass is 10.1. The minimum atomic E-state index is 0.540. The Morgan fingerprint density at radius 3 is 2.63 bits per heavy atom. The van der Waals surface area contributed by atoms with Crippen molar-refractivity contribution in [2.75, 3.05) is 13.2 Å². The smallest absolute Gasteiger partial charge is 0.195 e.